The minimum absolute atomic E-state index is 0.0149. The maximum Gasteiger partial charge on any atom is 0.264 e. The third-order valence-electron chi connectivity index (χ3n) is 5.71. The number of piperidine rings is 1. The van der Waals surface area contributed by atoms with E-state index in [4.69, 9.17) is 21.1 Å². The summed E-state index contributed by atoms with van der Waals surface area (Å²) in [4.78, 5) is 14.8. The Morgan fingerprint density at radius 2 is 1.81 bits per heavy atom. The summed E-state index contributed by atoms with van der Waals surface area (Å²) in [7, 11) is -3.98. The van der Waals surface area contributed by atoms with Crippen molar-refractivity contribution in [2.24, 2.45) is 0 Å². The number of nitrogens with zero attached hydrogens (tertiary/aromatic N) is 2. The van der Waals surface area contributed by atoms with Gasteiger partial charge in [-0.1, -0.05) is 35.9 Å². The van der Waals surface area contributed by atoms with Crippen LogP contribution in [0.15, 0.2) is 66.1 Å². The van der Waals surface area contributed by atoms with Crippen LogP contribution in [0.1, 0.15) is 23.2 Å². The lowest BCUT2D eigenvalue weighted by atomic mass is 10.0. The molecule has 4 rings (SSSR count). The molecule has 0 unspecified atom stereocenters. The van der Waals surface area contributed by atoms with E-state index in [1.807, 2.05) is 0 Å². The van der Waals surface area contributed by atoms with Crippen LogP contribution in [0.25, 0.3) is 0 Å². The van der Waals surface area contributed by atoms with Crippen molar-refractivity contribution in [3.63, 3.8) is 0 Å². The van der Waals surface area contributed by atoms with Crippen molar-refractivity contribution in [3.05, 3.63) is 71.8 Å². The molecule has 1 spiro atoms. The summed E-state index contributed by atoms with van der Waals surface area (Å²) in [5.74, 6) is -0.801. The number of rotatable bonds is 6. The number of benzene rings is 2. The standard InChI is InChI=1S/C23H25ClN2O5S/c1-2-12-26(21-9-4-3-8-20(21)24)32(28,29)19-7-5-6-18(17-19)22(27)25-13-10-23(11-14-25)30-15-16-31-23/h2-9,17H,1,10-16H2. The van der Waals surface area contributed by atoms with Gasteiger partial charge >= 0.3 is 0 Å². The van der Waals surface area contributed by atoms with E-state index < -0.39 is 15.8 Å². The second-order valence-electron chi connectivity index (χ2n) is 7.70. The van der Waals surface area contributed by atoms with Crippen molar-refractivity contribution in [1.82, 2.24) is 4.90 Å². The summed E-state index contributed by atoms with van der Waals surface area (Å²) in [5.41, 5.74) is 0.664. The lowest BCUT2D eigenvalue weighted by Gasteiger charge is -2.37. The van der Waals surface area contributed by atoms with Crippen molar-refractivity contribution >= 4 is 33.2 Å². The summed E-state index contributed by atoms with van der Waals surface area (Å²) in [6.45, 7) is 5.82. The summed E-state index contributed by atoms with van der Waals surface area (Å²) in [6.07, 6.45) is 2.68. The highest BCUT2D eigenvalue weighted by molar-refractivity contribution is 7.92. The number of hydrogen-bond acceptors (Lipinski definition) is 5. The lowest BCUT2D eigenvalue weighted by Crippen LogP contribution is -2.47. The van der Waals surface area contributed by atoms with Crippen LogP contribution >= 0.6 is 11.6 Å². The van der Waals surface area contributed by atoms with Crippen molar-refractivity contribution < 1.29 is 22.7 Å². The highest BCUT2D eigenvalue weighted by atomic mass is 35.5. The number of carbonyl (C=O) groups excluding carboxylic acids is 1. The van der Waals surface area contributed by atoms with Gasteiger partial charge in [-0.15, -0.1) is 6.58 Å². The lowest BCUT2D eigenvalue weighted by molar-refractivity contribution is -0.181. The van der Waals surface area contributed by atoms with Gasteiger partial charge in [0.25, 0.3) is 15.9 Å². The summed E-state index contributed by atoms with van der Waals surface area (Å²) in [5, 5.41) is 0.309. The minimum atomic E-state index is -3.98. The Bertz CT molecular complexity index is 1100. The molecule has 0 aromatic heterocycles. The molecule has 0 saturated carbocycles. The highest BCUT2D eigenvalue weighted by Crippen LogP contribution is 2.33. The van der Waals surface area contributed by atoms with Crippen molar-refractivity contribution in [3.8, 4) is 0 Å². The molecular weight excluding hydrogens is 452 g/mol. The molecule has 0 radical (unpaired) electrons. The average molecular weight is 477 g/mol. The molecule has 2 aromatic rings. The fourth-order valence-corrected chi connectivity index (χ4v) is 5.82. The monoisotopic (exact) mass is 476 g/mol. The van der Waals surface area contributed by atoms with Crippen LogP contribution in [0.2, 0.25) is 5.02 Å². The quantitative estimate of drug-likeness (QED) is 0.594. The summed E-state index contributed by atoms with van der Waals surface area (Å²) in [6, 6.07) is 12.8. The first-order valence-electron chi connectivity index (χ1n) is 10.4. The third-order valence-corrected chi connectivity index (χ3v) is 7.81. The van der Waals surface area contributed by atoms with E-state index in [0.29, 0.717) is 55.4 Å². The number of halogens is 1. The zero-order chi connectivity index (χ0) is 22.8. The molecule has 0 N–H and O–H groups in total. The van der Waals surface area contributed by atoms with Crippen LogP contribution < -0.4 is 4.31 Å². The SMILES string of the molecule is C=CCN(c1ccccc1Cl)S(=O)(=O)c1cccc(C(=O)N2CCC3(CC2)OCCO3)c1. The highest BCUT2D eigenvalue weighted by Gasteiger charge is 2.41. The minimum Gasteiger partial charge on any atom is -0.347 e. The van der Waals surface area contributed by atoms with Crippen molar-refractivity contribution in [2.75, 3.05) is 37.2 Å². The largest absolute Gasteiger partial charge is 0.347 e. The van der Waals surface area contributed by atoms with Gasteiger partial charge in [-0.25, -0.2) is 8.42 Å². The summed E-state index contributed by atoms with van der Waals surface area (Å²) < 4.78 is 39.5. The van der Waals surface area contributed by atoms with Gasteiger partial charge in [-0.3, -0.25) is 9.10 Å². The van der Waals surface area contributed by atoms with Crippen LogP contribution in [0.4, 0.5) is 5.69 Å². The molecular formula is C23H25ClN2O5S. The molecule has 9 heteroatoms. The van der Waals surface area contributed by atoms with Crippen LogP contribution in [-0.2, 0) is 19.5 Å². The van der Waals surface area contributed by atoms with Gasteiger partial charge in [0, 0.05) is 31.5 Å². The van der Waals surface area contributed by atoms with Gasteiger partial charge in [0.1, 0.15) is 0 Å². The number of carbonyl (C=O) groups is 1. The number of hydrogen-bond donors (Lipinski definition) is 0. The number of amides is 1. The molecule has 0 bridgehead atoms. The molecule has 2 saturated heterocycles. The number of sulfonamides is 1. The van der Waals surface area contributed by atoms with E-state index in [0.717, 1.165) is 0 Å². The van der Waals surface area contributed by atoms with Gasteiger partial charge in [0.05, 0.1) is 35.4 Å². The molecule has 0 aliphatic carbocycles. The Hall–Kier alpha value is -2.39. The Morgan fingerprint density at radius 1 is 1.12 bits per heavy atom. The van der Waals surface area contributed by atoms with Crippen molar-refractivity contribution in [2.45, 2.75) is 23.5 Å². The molecule has 2 heterocycles. The Labute approximate surface area is 193 Å². The first-order chi connectivity index (χ1) is 15.4. The summed E-state index contributed by atoms with van der Waals surface area (Å²) >= 11 is 6.26. The van der Waals surface area contributed by atoms with Gasteiger partial charge in [-0.2, -0.15) is 0 Å². The predicted octanol–water partition coefficient (Wildman–Crippen LogP) is 3.70. The number of anilines is 1. The predicted molar refractivity (Wildman–Crippen MR) is 122 cm³/mol. The maximum absolute atomic E-state index is 13.5. The van der Waals surface area contributed by atoms with E-state index in [1.54, 1.807) is 41.3 Å². The average Bonchev–Trinajstić information content (AvgIpc) is 3.26. The van der Waals surface area contributed by atoms with Crippen LogP contribution in [0, 0.1) is 0 Å². The smallest absolute Gasteiger partial charge is 0.264 e. The zero-order valence-corrected chi connectivity index (χ0v) is 19.1. The Balaban J connectivity index is 1.58. The van der Waals surface area contributed by atoms with E-state index in [9.17, 15) is 13.2 Å². The second kappa shape index (κ2) is 9.23. The maximum atomic E-state index is 13.5. The van der Waals surface area contributed by atoms with E-state index >= 15 is 0 Å². The number of ether oxygens (including phenoxy) is 2. The van der Waals surface area contributed by atoms with Crippen LogP contribution in [0.3, 0.4) is 0 Å². The second-order valence-corrected chi connectivity index (χ2v) is 9.97. The fourth-order valence-electron chi connectivity index (χ4n) is 4.03. The van der Waals surface area contributed by atoms with Gasteiger partial charge in [0.2, 0.25) is 0 Å². The molecule has 2 aliphatic heterocycles. The van der Waals surface area contributed by atoms with E-state index in [1.165, 1.54) is 22.5 Å². The molecule has 7 nitrogen and oxygen atoms in total. The Morgan fingerprint density at radius 3 is 2.47 bits per heavy atom. The number of para-hydroxylation sites is 1. The first kappa shape index (κ1) is 22.8. The molecule has 1 amide bonds. The van der Waals surface area contributed by atoms with E-state index in [-0.39, 0.29) is 17.3 Å². The first-order valence-corrected chi connectivity index (χ1v) is 12.2. The van der Waals surface area contributed by atoms with Gasteiger partial charge in [0.15, 0.2) is 5.79 Å². The molecule has 2 aromatic carbocycles. The van der Waals surface area contributed by atoms with Crippen LogP contribution in [-0.4, -0.2) is 57.9 Å². The topological polar surface area (TPSA) is 76.2 Å². The van der Waals surface area contributed by atoms with Crippen molar-refractivity contribution in [1.29, 1.82) is 0 Å². The zero-order valence-electron chi connectivity index (χ0n) is 17.6. The normalized spacial score (nSPS) is 18.0. The molecule has 2 aliphatic rings. The number of likely N-dealkylation sites (tertiary alicyclic amines) is 1. The fraction of sp³-hybridized carbons (Fsp3) is 0.348. The Kier molecular flexibility index (Phi) is 6.57. The third kappa shape index (κ3) is 4.41. The molecule has 2 fully saturated rings. The van der Waals surface area contributed by atoms with Crippen LogP contribution in [0.5, 0.6) is 0 Å². The molecule has 0 atom stereocenters. The van der Waals surface area contributed by atoms with Gasteiger partial charge in [-0.05, 0) is 30.3 Å². The van der Waals surface area contributed by atoms with E-state index in [2.05, 4.69) is 6.58 Å². The molecule has 32 heavy (non-hydrogen) atoms. The van der Waals surface area contributed by atoms with Gasteiger partial charge < -0.3 is 14.4 Å². The molecule has 170 valence electrons.